The number of epoxide rings is 2. The van der Waals surface area contributed by atoms with Gasteiger partial charge < -0.3 is 19.7 Å². The van der Waals surface area contributed by atoms with Crippen LogP contribution in [0.5, 0.6) is 0 Å². The van der Waals surface area contributed by atoms with Crippen molar-refractivity contribution in [2.75, 3.05) is 6.61 Å². The van der Waals surface area contributed by atoms with Crippen molar-refractivity contribution in [3.05, 3.63) is 35.5 Å². The molecule has 0 bridgehead atoms. The van der Waals surface area contributed by atoms with Crippen molar-refractivity contribution in [3.63, 3.8) is 0 Å². The molecule has 2 saturated carbocycles. The van der Waals surface area contributed by atoms with Crippen LogP contribution in [-0.2, 0) is 9.47 Å². The second kappa shape index (κ2) is 7.33. The summed E-state index contributed by atoms with van der Waals surface area (Å²) in [5.41, 5.74) is 2.30. The molecule has 162 valence electrons. The summed E-state index contributed by atoms with van der Waals surface area (Å²) in [5.74, 6) is 1.77. The zero-order valence-corrected chi connectivity index (χ0v) is 18.8. The summed E-state index contributed by atoms with van der Waals surface area (Å²) in [7, 11) is 0. The topological polar surface area (TPSA) is 65.5 Å². The molecule has 4 rings (SSSR count). The maximum atomic E-state index is 10.3. The highest BCUT2D eigenvalue weighted by Gasteiger charge is 2.72. The molecule has 4 heteroatoms. The Bertz CT molecular complexity index is 739. The minimum atomic E-state index is -0.610. The maximum Gasteiger partial charge on any atom is 0.0993 e. The fourth-order valence-corrected chi connectivity index (χ4v) is 6.39. The van der Waals surface area contributed by atoms with E-state index in [0.717, 1.165) is 18.4 Å². The maximum absolute atomic E-state index is 10.3. The lowest BCUT2D eigenvalue weighted by Gasteiger charge is -2.45. The van der Waals surface area contributed by atoms with Gasteiger partial charge in [-0.15, -0.1) is 0 Å². The minimum absolute atomic E-state index is 0.0117. The van der Waals surface area contributed by atoms with Crippen LogP contribution in [0, 0.1) is 29.6 Å². The van der Waals surface area contributed by atoms with Crippen molar-refractivity contribution >= 4 is 0 Å². The molecule has 2 aliphatic carbocycles. The highest BCUT2D eigenvalue weighted by molar-refractivity contribution is 5.30. The molecule has 4 nitrogen and oxygen atoms in total. The Hall–Kier alpha value is -0.940. The Labute approximate surface area is 175 Å². The van der Waals surface area contributed by atoms with Crippen molar-refractivity contribution < 1.29 is 19.7 Å². The number of aliphatic hydroxyl groups excluding tert-OH is 2. The number of fused-ring (bicyclic) bond motifs is 4. The average Bonchev–Trinajstić information content (AvgIpc) is 3.57. The van der Waals surface area contributed by atoms with Gasteiger partial charge in [0.05, 0.1) is 29.5 Å². The van der Waals surface area contributed by atoms with E-state index in [9.17, 15) is 10.2 Å². The lowest BCUT2D eigenvalue weighted by molar-refractivity contribution is 0.0997. The van der Waals surface area contributed by atoms with E-state index >= 15 is 0 Å². The molecule has 2 saturated heterocycles. The van der Waals surface area contributed by atoms with E-state index < -0.39 is 6.10 Å². The van der Waals surface area contributed by atoms with E-state index in [2.05, 4.69) is 45.9 Å². The van der Waals surface area contributed by atoms with E-state index in [1.165, 1.54) is 5.57 Å². The molecule has 2 heterocycles. The van der Waals surface area contributed by atoms with E-state index in [1.54, 1.807) is 0 Å². The highest BCUT2D eigenvalue weighted by Crippen LogP contribution is 2.67. The van der Waals surface area contributed by atoms with Crippen molar-refractivity contribution in [2.45, 2.75) is 83.9 Å². The second-order valence-corrected chi connectivity index (χ2v) is 10.4. The molecule has 4 fully saturated rings. The summed E-state index contributed by atoms with van der Waals surface area (Å²) < 4.78 is 12.5. The summed E-state index contributed by atoms with van der Waals surface area (Å²) >= 11 is 0. The van der Waals surface area contributed by atoms with Crippen molar-refractivity contribution in [1.29, 1.82) is 0 Å². The number of rotatable bonds is 6. The smallest absolute Gasteiger partial charge is 0.0993 e. The van der Waals surface area contributed by atoms with E-state index in [0.29, 0.717) is 35.9 Å². The molecule has 0 aromatic heterocycles. The van der Waals surface area contributed by atoms with Crippen LogP contribution in [0.15, 0.2) is 35.5 Å². The van der Waals surface area contributed by atoms with Gasteiger partial charge in [-0.2, -0.15) is 0 Å². The zero-order chi connectivity index (χ0) is 21.1. The second-order valence-electron chi connectivity index (χ2n) is 10.4. The Kier molecular flexibility index (Phi) is 5.39. The van der Waals surface area contributed by atoms with Crippen LogP contribution in [0.3, 0.4) is 0 Å². The molecule has 0 unspecified atom stereocenters. The first-order valence-electron chi connectivity index (χ1n) is 11.3. The molecular formula is C25H38O4. The first kappa shape index (κ1) is 21.3. The number of aliphatic hydroxyl groups is 2. The van der Waals surface area contributed by atoms with Crippen LogP contribution in [0.1, 0.15) is 54.4 Å². The van der Waals surface area contributed by atoms with Crippen molar-refractivity contribution in [2.24, 2.45) is 29.6 Å². The molecular weight excluding hydrogens is 364 g/mol. The Balaban J connectivity index is 1.61. The standard InChI is InChI=1S/C25H38O4/c1-7-14(2)21-17(10-8-9-15(3)22(27)16(4)13-26)18-11-20-24(5,28-20)12-19(18)23-25(21,6)29-23/h7-10,16-23,26-27H,11-13H2,1-6H3/b10-8+,14-7+,15-9+/t16-,17+,18+,19-,20+,21+,22+,23+,24-,25-/m1/s1. The van der Waals surface area contributed by atoms with Gasteiger partial charge in [0.1, 0.15) is 0 Å². The molecule has 4 aliphatic rings. The summed E-state index contributed by atoms with van der Waals surface area (Å²) in [6.07, 6.45) is 11.1. The molecule has 2 N–H and O–H groups in total. The van der Waals surface area contributed by atoms with Gasteiger partial charge in [0.2, 0.25) is 0 Å². The van der Waals surface area contributed by atoms with Crippen LogP contribution in [-0.4, -0.2) is 46.3 Å². The summed E-state index contributed by atoms with van der Waals surface area (Å²) in [5, 5.41) is 19.6. The van der Waals surface area contributed by atoms with Gasteiger partial charge >= 0.3 is 0 Å². The third kappa shape index (κ3) is 3.46. The molecule has 0 aromatic carbocycles. The van der Waals surface area contributed by atoms with E-state index in [1.807, 2.05) is 19.9 Å². The first-order valence-corrected chi connectivity index (χ1v) is 11.3. The van der Waals surface area contributed by atoms with Crippen LogP contribution >= 0.6 is 0 Å². The van der Waals surface area contributed by atoms with Gasteiger partial charge in [0.15, 0.2) is 0 Å². The van der Waals surface area contributed by atoms with Crippen molar-refractivity contribution in [3.8, 4) is 0 Å². The number of ether oxygens (including phenoxy) is 2. The predicted molar refractivity (Wildman–Crippen MR) is 114 cm³/mol. The quantitative estimate of drug-likeness (QED) is 0.400. The highest BCUT2D eigenvalue weighted by atomic mass is 16.6. The number of hydrogen-bond acceptors (Lipinski definition) is 4. The molecule has 0 amide bonds. The summed E-state index contributed by atoms with van der Waals surface area (Å²) in [6, 6.07) is 0. The minimum Gasteiger partial charge on any atom is -0.396 e. The average molecular weight is 403 g/mol. The normalized spacial score (nSPS) is 48.6. The summed E-state index contributed by atoms with van der Waals surface area (Å²) in [4.78, 5) is 0. The number of allylic oxidation sites excluding steroid dienone is 4. The van der Waals surface area contributed by atoms with Gasteiger partial charge in [0.25, 0.3) is 0 Å². The predicted octanol–water partition coefficient (Wildman–Crippen LogP) is 4.03. The molecule has 29 heavy (non-hydrogen) atoms. The van der Waals surface area contributed by atoms with Crippen LogP contribution in [0.25, 0.3) is 0 Å². The monoisotopic (exact) mass is 402 g/mol. The fourth-order valence-electron chi connectivity index (χ4n) is 6.39. The molecule has 0 aromatic rings. The van der Waals surface area contributed by atoms with E-state index in [4.69, 9.17) is 9.47 Å². The lowest BCUT2D eigenvalue weighted by atomic mass is 9.55. The molecule has 0 radical (unpaired) electrons. The summed E-state index contributed by atoms with van der Waals surface area (Å²) in [6.45, 7) is 12.7. The van der Waals surface area contributed by atoms with Crippen LogP contribution in [0.4, 0.5) is 0 Å². The number of hydrogen-bond donors (Lipinski definition) is 2. The van der Waals surface area contributed by atoms with Gasteiger partial charge in [-0.05, 0) is 70.8 Å². The molecule has 0 spiro atoms. The third-order valence-electron chi connectivity index (χ3n) is 8.42. The molecule has 10 atom stereocenters. The van der Waals surface area contributed by atoms with Gasteiger partial charge in [-0.1, -0.05) is 36.8 Å². The lowest BCUT2D eigenvalue weighted by Crippen LogP contribution is -2.48. The van der Waals surface area contributed by atoms with Crippen molar-refractivity contribution in [1.82, 2.24) is 0 Å². The molecule has 2 aliphatic heterocycles. The SMILES string of the molecule is C/C=C(\C)[C@H]1[C@@H](/C=C/C=C(\C)[C@H](O)[C@H](C)CO)[C@@H]2C[C@@H]3O[C@]3(C)C[C@H]2[C@@H]2O[C@@]21C. The van der Waals surface area contributed by atoms with Gasteiger partial charge in [-0.3, -0.25) is 0 Å². The Morgan fingerprint density at radius 3 is 2.59 bits per heavy atom. The van der Waals surface area contributed by atoms with Crippen LogP contribution < -0.4 is 0 Å². The largest absolute Gasteiger partial charge is 0.396 e. The van der Waals surface area contributed by atoms with Gasteiger partial charge in [-0.25, -0.2) is 0 Å². The fraction of sp³-hybridized carbons (Fsp3) is 0.760. The zero-order valence-electron chi connectivity index (χ0n) is 18.8. The van der Waals surface area contributed by atoms with E-state index in [-0.39, 0.29) is 23.7 Å². The van der Waals surface area contributed by atoms with Gasteiger partial charge in [0, 0.05) is 18.4 Å². The third-order valence-corrected chi connectivity index (χ3v) is 8.42. The Morgan fingerprint density at radius 1 is 1.21 bits per heavy atom. The van der Waals surface area contributed by atoms with Crippen LogP contribution in [0.2, 0.25) is 0 Å². The Morgan fingerprint density at radius 2 is 1.93 bits per heavy atom. The first-order chi connectivity index (χ1) is 13.7.